The molecule has 8 nitrogen and oxygen atoms in total. The lowest BCUT2D eigenvalue weighted by molar-refractivity contribution is -0.207. The quantitative estimate of drug-likeness (QED) is 0.0862. The molecule has 50 heavy (non-hydrogen) atoms. The normalized spacial score (nSPS) is 24.5. The molecule has 5 atom stereocenters. The molecule has 0 aromatic carbocycles. The largest absolute Gasteiger partial charge is 0.459 e. The third-order valence-electron chi connectivity index (χ3n) is 13.3. The molecule has 2 fully saturated rings. The topological polar surface area (TPSA) is 105 Å². The first-order valence-electron chi connectivity index (χ1n) is 18.2. The highest BCUT2D eigenvalue weighted by Crippen LogP contribution is 2.50. The standard InChI is InChI=1S/C25H36O4.C17H28O4/c1-23(2,24(3,4)28-21(26)19-13-15-7-9-17(19)11-15)25(5,6)29-22(27)20-14-16-8-10-18(20)12-16;1-11(2)13(18)20-16(7,8)15(5,6)17(9,10)21-14(19)12(3)4/h7,9,14-19H,8,10-13H2,1-6H3;1,3H2,2,4-10H3. The maximum Gasteiger partial charge on any atom is 0.334 e. The van der Waals surface area contributed by atoms with Gasteiger partial charge >= 0.3 is 23.9 Å². The zero-order chi connectivity index (χ0) is 38.4. The highest BCUT2D eigenvalue weighted by atomic mass is 16.6. The van der Waals surface area contributed by atoms with Crippen LogP contribution in [0.4, 0.5) is 0 Å². The van der Waals surface area contributed by atoms with Crippen LogP contribution >= 0.6 is 0 Å². The third kappa shape index (κ3) is 8.15. The Morgan fingerprint density at radius 3 is 1.42 bits per heavy atom. The second kappa shape index (κ2) is 14.1. The van der Waals surface area contributed by atoms with Gasteiger partial charge in [0.1, 0.15) is 22.4 Å². The van der Waals surface area contributed by atoms with Crippen LogP contribution in [0.25, 0.3) is 0 Å². The van der Waals surface area contributed by atoms with Crippen LogP contribution in [0.5, 0.6) is 0 Å². The fourth-order valence-electron chi connectivity index (χ4n) is 7.34. The number of ether oxygens (including phenoxy) is 4. The highest BCUT2D eigenvalue weighted by Gasteiger charge is 2.55. The summed E-state index contributed by atoms with van der Waals surface area (Å²) in [6.45, 7) is 33.2. The summed E-state index contributed by atoms with van der Waals surface area (Å²) in [4.78, 5) is 49.5. The molecular formula is C42H64O8. The van der Waals surface area contributed by atoms with Crippen molar-refractivity contribution in [3.05, 3.63) is 48.1 Å². The van der Waals surface area contributed by atoms with E-state index in [1.807, 2.05) is 55.4 Å². The van der Waals surface area contributed by atoms with Crippen molar-refractivity contribution in [1.29, 1.82) is 0 Å². The molecule has 2 saturated carbocycles. The summed E-state index contributed by atoms with van der Waals surface area (Å²) in [5.41, 5.74) is -2.98. The van der Waals surface area contributed by atoms with Crippen LogP contribution in [0.15, 0.2) is 48.1 Å². The first kappa shape index (κ1) is 41.3. The fourth-order valence-corrected chi connectivity index (χ4v) is 7.34. The van der Waals surface area contributed by atoms with E-state index >= 15 is 0 Å². The van der Waals surface area contributed by atoms with Crippen molar-refractivity contribution in [3.63, 3.8) is 0 Å². The maximum atomic E-state index is 13.0. The van der Waals surface area contributed by atoms with E-state index in [2.05, 4.69) is 31.4 Å². The van der Waals surface area contributed by atoms with Crippen molar-refractivity contribution in [2.45, 2.75) is 151 Å². The van der Waals surface area contributed by atoms with Gasteiger partial charge < -0.3 is 18.9 Å². The number of hydrogen-bond donors (Lipinski definition) is 0. The number of esters is 4. The molecule has 5 unspecified atom stereocenters. The van der Waals surface area contributed by atoms with Gasteiger partial charge in [-0.3, -0.25) is 4.79 Å². The van der Waals surface area contributed by atoms with Crippen LogP contribution in [-0.2, 0) is 38.1 Å². The fraction of sp³-hybridized carbons (Fsp3) is 0.714. The minimum absolute atomic E-state index is 0.0371. The molecule has 4 aliphatic rings. The minimum Gasteiger partial charge on any atom is -0.459 e. The van der Waals surface area contributed by atoms with Crippen molar-refractivity contribution in [2.75, 3.05) is 0 Å². The van der Waals surface area contributed by atoms with Crippen LogP contribution in [0, 0.1) is 40.4 Å². The first-order valence-corrected chi connectivity index (χ1v) is 18.2. The first-order chi connectivity index (χ1) is 22.6. The highest BCUT2D eigenvalue weighted by molar-refractivity contribution is 5.90. The van der Waals surface area contributed by atoms with E-state index in [1.54, 1.807) is 41.5 Å². The predicted octanol–water partition coefficient (Wildman–Crippen LogP) is 9.03. The Bertz CT molecular complexity index is 1410. The van der Waals surface area contributed by atoms with Crippen LogP contribution in [0.3, 0.4) is 0 Å². The van der Waals surface area contributed by atoms with Gasteiger partial charge in [-0.05, 0) is 125 Å². The zero-order valence-electron chi connectivity index (χ0n) is 33.3. The van der Waals surface area contributed by atoms with Crippen LogP contribution in [-0.4, -0.2) is 46.3 Å². The van der Waals surface area contributed by atoms with Gasteiger partial charge in [0.15, 0.2) is 0 Å². The summed E-state index contributed by atoms with van der Waals surface area (Å²) in [5, 5.41) is 0. The Balaban J connectivity index is 0.000000288. The van der Waals surface area contributed by atoms with Crippen molar-refractivity contribution in [1.82, 2.24) is 0 Å². The molecule has 8 heteroatoms. The van der Waals surface area contributed by atoms with Gasteiger partial charge in [-0.15, -0.1) is 0 Å². The van der Waals surface area contributed by atoms with Crippen LogP contribution in [0.1, 0.15) is 129 Å². The Hall–Kier alpha value is -3.16. The van der Waals surface area contributed by atoms with Crippen LogP contribution < -0.4 is 0 Å². The molecule has 0 aliphatic heterocycles. The van der Waals surface area contributed by atoms with Crippen molar-refractivity contribution in [3.8, 4) is 0 Å². The van der Waals surface area contributed by atoms with E-state index in [-0.39, 0.29) is 17.9 Å². The SMILES string of the molecule is C=C(C)C(=O)OC(C)(C)C(C)(C)C(C)(C)OC(=O)C(=C)C.CC(C)(OC(=O)C1=CC2CCC1C2)C(C)(C)C(C)(C)OC(=O)C1CC2C=CC1C2. The lowest BCUT2D eigenvalue weighted by Gasteiger charge is -2.50. The Morgan fingerprint density at radius 1 is 0.600 bits per heavy atom. The average Bonchev–Trinajstić information content (AvgIpc) is 3.79. The molecule has 0 aromatic heterocycles. The summed E-state index contributed by atoms with van der Waals surface area (Å²) in [6, 6.07) is 0. The van der Waals surface area contributed by atoms with E-state index in [1.165, 1.54) is 6.42 Å². The second-order valence-electron chi connectivity index (χ2n) is 18.2. The van der Waals surface area contributed by atoms with Gasteiger partial charge in [0, 0.05) is 27.5 Å². The van der Waals surface area contributed by atoms with Crippen molar-refractivity contribution in [2.24, 2.45) is 40.4 Å². The molecule has 280 valence electrons. The van der Waals surface area contributed by atoms with E-state index in [0.717, 1.165) is 31.3 Å². The number of hydrogen-bond acceptors (Lipinski definition) is 8. The summed E-state index contributed by atoms with van der Waals surface area (Å²) >= 11 is 0. The Morgan fingerprint density at radius 2 is 1.06 bits per heavy atom. The number of allylic oxidation sites excluding steroid dienone is 3. The molecule has 4 aliphatic carbocycles. The lowest BCUT2D eigenvalue weighted by Crippen LogP contribution is -2.57. The number of carbonyl (C=O) groups excluding carboxylic acids is 4. The number of rotatable bonds is 12. The van der Waals surface area contributed by atoms with E-state index in [0.29, 0.717) is 34.8 Å². The van der Waals surface area contributed by atoms with Gasteiger partial charge in [-0.2, -0.15) is 0 Å². The van der Waals surface area contributed by atoms with Crippen LogP contribution in [0.2, 0.25) is 0 Å². The maximum absolute atomic E-state index is 13.0. The van der Waals surface area contributed by atoms with E-state index in [9.17, 15) is 19.2 Å². The summed E-state index contributed by atoms with van der Waals surface area (Å²) in [6.07, 6.45) is 11.9. The van der Waals surface area contributed by atoms with Gasteiger partial charge in [-0.25, -0.2) is 14.4 Å². The monoisotopic (exact) mass is 696 g/mol. The van der Waals surface area contributed by atoms with Gasteiger partial charge in [0.05, 0.1) is 5.92 Å². The molecule has 4 rings (SSSR count). The number of fused-ring (bicyclic) bond motifs is 4. The molecular weight excluding hydrogens is 632 g/mol. The van der Waals surface area contributed by atoms with Gasteiger partial charge in [0.25, 0.3) is 0 Å². The number of carbonyl (C=O) groups is 4. The van der Waals surface area contributed by atoms with Gasteiger partial charge in [-0.1, -0.05) is 59.1 Å². The summed E-state index contributed by atoms with van der Waals surface area (Å²) in [7, 11) is 0. The Labute approximate surface area is 301 Å². The summed E-state index contributed by atoms with van der Waals surface area (Å²) < 4.78 is 23.3. The molecule has 0 saturated heterocycles. The van der Waals surface area contributed by atoms with Crippen molar-refractivity contribution < 1.29 is 38.1 Å². The molecule has 0 amide bonds. The average molecular weight is 697 g/mol. The molecule has 0 N–H and O–H groups in total. The zero-order valence-corrected chi connectivity index (χ0v) is 33.3. The van der Waals surface area contributed by atoms with E-state index in [4.69, 9.17) is 18.9 Å². The van der Waals surface area contributed by atoms with Crippen molar-refractivity contribution >= 4 is 23.9 Å². The molecule has 0 radical (unpaired) electrons. The molecule has 0 heterocycles. The third-order valence-corrected chi connectivity index (χ3v) is 13.3. The van der Waals surface area contributed by atoms with E-state index < -0.39 is 45.2 Å². The van der Waals surface area contributed by atoms with Gasteiger partial charge in [0.2, 0.25) is 0 Å². The second-order valence-corrected chi connectivity index (χ2v) is 18.2. The summed E-state index contributed by atoms with van der Waals surface area (Å²) in [5.74, 6) is 0.488. The molecule has 0 spiro atoms. The molecule has 0 aromatic rings. The smallest absolute Gasteiger partial charge is 0.334 e. The Kier molecular flexibility index (Phi) is 11.6. The molecule has 4 bridgehead atoms. The minimum atomic E-state index is -0.859. The predicted molar refractivity (Wildman–Crippen MR) is 196 cm³/mol. The lowest BCUT2D eigenvalue weighted by atomic mass is 9.66.